The summed E-state index contributed by atoms with van der Waals surface area (Å²) in [6, 6.07) is 53.0. The van der Waals surface area contributed by atoms with Crippen LogP contribution in [0.5, 0.6) is 0 Å². The number of benzene rings is 6. The van der Waals surface area contributed by atoms with Crippen LogP contribution in [0.4, 0.5) is 22.7 Å². The Bertz CT molecular complexity index is 2120. The van der Waals surface area contributed by atoms with E-state index in [2.05, 4.69) is 187 Å². The van der Waals surface area contributed by atoms with Crippen LogP contribution < -0.4 is 9.80 Å². The number of anilines is 4. The molecule has 0 aromatic heterocycles. The van der Waals surface area contributed by atoms with Gasteiger partial charge in [-0.15, -0.1) is 0 Å². The van der Waals surface area contributed by atoms with Crippen LogP contribution in [0.1, 0.15) is 19.3 Å². The van der Waals surface area contributed by atoms with E-state index < -0.39 is 0 Å². The summed E-state index contributed by atoms with van der Waals surface area (Å²) in [5.41, 5.74) is 12.6. The zero-order valence-corrected chi connectivity index (χ0v) is 26.8. The Kier molecular flexibility index (Phi) is 7.77. The normalized spacial score (nSPS) is 15.5. The average molecular weight is 607 g/mol. The zero-order valence-electron chi connectivity index (χ0n) is 26.8. The van der Waals surface area contributed by atoms with Crippen molar-refractivity contribution in [3.05, 3.63) is 181 Å². The maximum Gasteiger partial charge on any atom is 0.0565 e. The van der Waals surface area contributed by atoms with Gasteiger partial charge in [0.05, 0.1) is 6.04 Å². The Labute approximate surface area is 278 Å². The first-order chi connectivity index (χ1) is 23.2. The average Bonchev–Trinajstić information content (AvgIpc) is 3.15. The number of allylic oxidation sites excluding steroid dienone is 4. The highest BCUT2D eigenvalue weighted by molar-refractivity contribution is 5.87. The Morgan fingerprint density at radius 3 is 1.94 bits per heavy atom. The van der Waals surface area contributed by atoms with Gasteiger partial charge in [0.2, 0.25) is 0 Å². The van der Waals surface area contributed by atoms with Gasteiger partial charge in [0, 0.05) is 29.8 Å². The van der Waals surface area contributed by atoms with E-state index in [1.807, 2.05) is 0 Å². The SMILES string of the molecule is CN(c1ccc(-c2ccc(N(c3ccc4ccccc4c3)C3C=CC4=C(C=CCC4)C3)cc2)cc1)c1cccc(-c2ccccc2)c1. The predicted octanol–water partition coefficient (Wildman–Crippen LogP) is 12.1. The molecule has 2 aliphatic rings. The van der Waals surface area contributed by atoms with Crippen LogP contribution in [0, 0.1) is 0 Å². The summed E-state index contributed by atoms with van der Waals surface area (Å²) in [7, 11) is 2.14. The van der Waals surface area contributed by atoms with Gasteiger partial charge < -0.3 is 9.80 Å². The van der Waals surface area contributed by atoms with E-state index in [0.717, 1.165) is 24.9 Å². The van der Waals surface area contributed by atoms with Crippen molar-refractivity contribution in [2.45, 2.75) is 25.3 Å². The van der Waals surface area contributed by atoms with Crippen molar-refractivity contribution in [1.82, 2.24) is 0 Å². The van der Waals surface area contributed by atoms with E-state index in [1.54, 1.807) is 0 Å². The molecule has 228 valence electrons. The summed E-state index contributed by atoms with van der Waals surface area (Å²) in [4.78, 5) is 4.77. The Morgan fingerprint density at radius 1 is 0.489 bits per heavy atom. The third kappa shape index (κ3) is 5.91. The van der Waals surface area contributed by atoms with Crippen LogP contribution in [0.3, 0.4) is 0 Å². The van der Waals surface area contributed by atoms with E-state index in [9.17, 15) is 0 Å². The van der Waals surface area contributed by atoms with Gasteiger partial charge in [-0.05, 0) is 112 Å². The molecule has 0 radical (unpaired) electrons. The minimum absolute atomic E-state index is 0.249. The Balaban J connectivity index is 1.06. The second-order valence-electron chi connectivity index (χ2n) is 12.6. The quantitative estimate of drug-likeness (QED) is 0.178. The van der Waals surface area contributed by atoms with Crippen molar-refractivity contribution in [2.24, 2.45) is 0 Å². The highest BCUT2D eigenvalue weighted by Crippen LogP contribution is 2.38. The van der Waals surface area contributed by atoms with Crippen molar-refractivity contribution < 1.29 is 0 Å². The second-order valence-corrected chi connectivity index (χ2v) is 12.6. The number of hydrogen-bond acceptors (Lipinski definition) is 2. The number of fused-ring (bicyclic) bond motifs is 1. The third-order valence-corrected chi connectivity index (χ3v) is 9.68. The molecule has 2 aliphatic carbocycles. The molecule has 1 atom stereocenters. The summed E-state index contributed by atoms with van der Waals surface area (Å²) in [5.74, 6) is 0. The molecule has 0 fully saturated rings. The number of nitrogens with zero attached hydrogens (tertiary/aromatic N) is 2. The fourth-order valence-electron chi connectivity index (χ4n) is 7.04. The lowest BCUT2D eigenvalue weighted by Crippen LogP contribution is -2.31. The first-order valence-electron chi connectivity index (χ1n) is 16.6. The molecule has 47 heavy (non-hydrogen) atoms. The van der Waals surface area contributed by atoms with E-state index in [-0.39, 0.29) is 6.04 Å². The molecular formula is C45H38N2. The van der Waals surface area contributed by atoms with Crippen LogP contribution >= 0.6 is 0 Å². The molecule has 0 heterocycles. The fraction of sp³-hybridized carbons (Fsp3) is 0.111. The van der Waals surface area contributed by atoms with Crippen LogP contribution in [0.15, 0.2) is 181 Å². The van der Waals surface area contributed by atoms with Crippen molar-refractivity contribution >= 4 is 33.5 Å². The van der Waals surface area contributed by atoms with Crippen LogP contribution in [-0.4, -0.2) is 13.1 Å². The molecule has 8 rings (SSSR count). The molecule has 0 saturated carbocycles. The summed E-state index contributed by atoms with van der Waals surface area (Å²) >= 11 is 0. The number of rotatable bonds is 7. The van der Waals surface area contributed by atoms with Gasteiger partial charge >= 0.3 is 0 Å². The maximum absolute atomic E-state index is 2.51. The van der Waals surface area contributed by atoms with Crippen LogP contribution in [0.25, 0.3) is 33.0 Å². The van der Waals surface area contributed by atoms with Gasteiger partial charge in [0.15, 0.2) is 0 Å². The summed E-state index contributed by atoms with van der Waals surface area (Å²) in [6.45, 7) is 0. The molecule has 0 aliphatic heterocycles. The summed E-state index contributed by atoms with van der Waals surface area (Å²) in [6.07, 6.45) is 12.8. The van der Waals surface area contributed by atoms with Gasteiger partial charge in [0.1, 0.15) is 0 Å². The first kappa shape index (κ1) is 28.8. The Hall–Kier alpha value is -5.60. The van der Waals surface area contributed by atoms with Gasteiger partial charge in [-0.1, -0.05) is 121 Å². The highest BCUT2D eigenvalue weighted by Gasteiger charge is 2.24. The van der Waals surface area contributed by atoms with Crippen molar-refractivity contribution in [3.8, 4) is 22.3 Å². The molecule has 6 aromatic carbocycles. The molecule has 0 bridgehead atoms. The number of hydrogen-bond donors (Lipinski definition) is 0. The summed E-state index contributed by atoms with van der Waals surface area (Å²) < 4.78 is 0. The predicted molar refractivity (Wildman–Crippen MR) is 201 cm³/mol. The zero-order chi connectivity index (χ0) is 31.6. The van der Waals surface area contributed by atoms with Gasteiger partial charge in [0.25, 0.3) is 0 Å². The minimum atomic E-state index is 0.249. The van der Waals surface area contributed by atoms with Crippen LogP contribution in [-0.2, 0) is 0 Å². The van der Waals surface area contributed by atoms with E-state index >= 15 is 0 Å². The monoisotopic (exact) mass is 606 g/mol. The fourth-order valence-corrected chi connectivity index (χ4v) is 7.04. The summed E-state index contributed by atoms with van der Waals surface area (Å²) in [5, 5.41) is 2.53. The van der Waals surface area contributed by atoms with Crippen molar-refractivity contribution in [2.75, 3.05) is 16.8 Å². The first-order valence-corrected chi connectivity index (χ1v) is 16.6. The largest absolute Gasteiger partial charge is 0.345 e. The lowest BCUT2D eigenvalue weighted by Gasteiger charge is -2.35. The van der Waals surface area contributed by atoms with Gasteiger partial charge in [-0.25, -0.2) is 0 Å². The van der Waals surface area contributed by atoms with Crippen LogP contribution in [0.2, 0.25) is 0 Å². The third-order valence-electron chi connectivity index (χ3n) is 9.68. The molecule has 2 heteroatoms. The van der Waals surface area contributed by atoms with E-state index in [1.165, 1.54) is 61.2 Å². The van der Waals surface area contributed by atoms with Gasteiger partial charge in [-0.2, -0.15) is 0 Å². The lowest BCUT2D eigenvalue weighted by atomic mass is 9.87. The molecule has 0 N–H and O–H groups in total. The van der Waals surface area contributed by atoms with Gasteiger partial charge in [-0.3, -0.25) is 0 Å². The van der Waals surface area contributed by atoms with E-state index in [0.29, 0.717) is 0 Å². The second kappa shape index (κ2) is 12.7. The molecule has 6 aromatic rings. The molecule has 0 spiro atoms. The van der Waals surface area contributed by atoms with Crippen molar-refractivity contribution in [1.29, 1.82) is 0 Å². The topological polar surface area (TPSA) is 6.48 Å². The standard InChI is InChI=1S/C45H38N2/c1-46(43-17-9-16-40(30-43)33-10-3-2-4-11-33)41-24-18-36(19-25-41)37-20-26-42(27-21-37)47(44-28-22-34-12-5-7-14-38(34)31-44)45-29-23-35-13-6-8-15-39(35)32-45/h2-5,7-12,14-31,45H,6,13,32H2,1H3. The molecule has 0 amide bonds. The van der Waals surface area contributed by atoms with E-state index in [4.69, 9.17) is 0 Å². The highest BCUT2D eigenvalue weighted by atomic mass is 15.2. The molecular weight excluding hydrogens is 569 g/mol. The lowest BCUT2D eigenvalue weighted by molar-refractivity contribution is 0.745. The molecule has 1 unspecified atom stereocenters. The smallest absolute Gasteiger partial charge is 0.0565 e. The minimum Gasteiger partial charge on any atom is -0.345 e. The molecule has 2 nitrogen and oxygen atoms in total. The molecule has 0 saturated heterocycles. The maximum atomic E-state index is 2.51. The Morgan fingerprint density at radius 2 is 1.15 bits per heavy atom. The van der Waals surface area contributed by atoms with Crippen molar-refractivity contribution in [3.63, 3.8) is 0 Å².